The lowest BCUT2D eigenvalue weighted by molar-refractivity contribution is -0.138. The Bertz CT molecular complexity index is 528. The molecule has 4 nitrogen and oxygen atoms in total. The highest BCUT2D eigenvalue weighted by Crippen LogP contribution is 2.21. The molecule has 0 aliphatic rings. The standard InChI is InChI=1S/C14H18F2N2O2/c1-8(2)17-12(19)14(3,4)13(20)18-11-6-5-9(15)7-10(11)16/h5-8H,1-4H3,(H,17,19)(H,18,20). The van der Waals surface area contributed by atoms with Crippen molar-refractivity contribution in [1.29, 1.82) is 0 Å². The minimum absolute atomic E-state index is 0.114. The molecule has 0 aliphatic carbocycles. The van der Waals surface area contributed by atoms with Crippen molar-refractivity contribution in [3.8, 4) is 0 Å². The van der Waals surface area contributed by atoms with Crippen LogP contribution in [0.15, 0.2) is 18.2 Å². The summed E-state index contributed by atoms with van der Waals surface area (Å²) in [5.74, 6) is -2.76. The highest BCUT2D eigenvalue weighted by atomic mass is 19.1. The minimum atomic E-state index is -1.37. The number of halogens is 2. The second-order valence-electron chi connectivity index (χ2n) is 5.33. The summed E-state index contributed by atoms with van der Waals surface area (Å²) in [6, 6.07) is 2.69. The molecule has 1 rings (SSSR count). The topological polar surface area (TPSA) is 58.2 Å². The van der Waals surface area contributed by atoms with E-state index in [2.05, 4.69) is 10.6 Å². The highest BCUT2D eigenvalue weighted by Gasteiger charge is 2.36. The fourth-order valence-corrected chi connectivity index (χ4v) is 1.42. The molecule has 2 amide bonds. The van der Waals surface area contributed by atoms with Crippen LogP contribution in [-0.2, 0) is 9.59 Å². The fourth-order valence-electron chi connectivity index (χ4n) is 1.42. The molecule has 0 aromatic heterocycles. The molecule has 0 atom stereocenters. The van der Waals surface area contributed by atoms with Gasteiger partial charge in [0.1, 0.15) is 17.0 Å². The number of amides is 2. The molecule has 0 heterocycles. The van der Waals surface area contributed by atoms with Gasteiger partial charge >= 0.3 is 0 Å². The van der Waals surface area contributed by atoms with Gasteiger partial charge in [-0.25, -0.2) is 8.78 Å². The summed E-state index contributed by atoms with van der Waals surface area (Å²) in [6.45, 7) is 6.40. The zero-order chi connectivity index (χ0) is 15.5. The number of anilines is 1. The van der Waals surface area contributed by atoms with Gasteiger partial charge in [-0.05, 0) is 39.8 Å². The summed E-state index contributed by atoms with van der Waals surface area (Å²) in [5, 5.41) is 4.91. The van der Waals surface area contributed by atoms with Crippen molar-refractivity contribution in [2.75, 3.05) is 5.32 Å². The number of hydrogen-bond donors (Lipinski definition) is 2. The smallest absolute Gasteiger partial charge is 0.239 e. The van der Waals surface area contributed by atoms with Gasteiger partial charge in [0.25, 0.3) is 0 Å². The molecule has 20 heavy (non-hydrogen) atoms. The predicted molar refractivity (Wildman–Crippen MR) is 72.0 cm³/mol. The molecule has 0 unspecified atom stereocenters. The normalized spacial score (nSPS) is 11.3. The fraction of sp³-hybridized carbons (Fsp3) is 0.429. The first-order valence-electron chi connectivity index (χ1n) is 6.22. The first-order valence-corrected chi connectivity index (χ1v) is 6.22. The maximum absolute atomic E-state index is 13.5. The van der Waals surface area contributed by atoms with Crippen molar-refractivity contribution in [2.24, 2.45) is 5.41 Å². The van der Waals surface area contributed by atoms with Crippen LogP contribution >= 0.6 is 0 Å². The van der Waals surface area contributed by atoms with Crippen LogP contribution in [0.5, 0.6) is 0 Å². The van der Waals surface area contributed by atoms with Gasteiger partial charge in [0.2, 0.25) is 11.8 Å². The summed E-state index contributed by atoms with van der Waals surface area (Å²) >= 11 is 0. The van der Waals surface area contributed by atoms with E-state index in [1.54, 1.807) is 13.8 Å². The molecule has 6 heteroatoms. The summed E-state index contributed by atoms with van der Waals surface area (Å²) < 4.78 is 26.2. The molecule has 0 fully saturated rings. The van der Waals surface area contributed by atoms with Gasteiger partial charge in [0, 0.05) is 12.1 Å². The summed E-state index contributed by atoms with van der Waals surface area (Å²) in [7, 11) is 0. The van der Waals surface area contributed by atoms with E-state index < -0.39 is 28.9 Å². The lowest BCUT2D eigenvalue weighted by Gasteiger charge is -2.24. The van der Waals surface area contributed by atoms with Crippen molar-refractivity contribution in [1.82, 2.24) is 5.32 Å². The average Bonchev–Trinajstić information content (AvgIpc) is 2.31. The third-order valence-electron chi connectivity index (χ3n) is 2.73. The van der Waals surface area contributed by atoms with Gasteiger partial charge in [0.15, 0.2) is 0 Å². The third kappa shape index (κ3) is 3.76. The maximum Gasteiger partial charge on any atom is 0.239 e. The highest BCUT2D eigenvalue weighted by molar-refractivity contribution is 6.09. The van der Waals surface area contributed by atoms with Crippen molar-refractivity contribution in [2.45, 2.75) is 33.7 Å². The Morgan fingerprint density at radius 1 is 1.15 bits per heavy atom. The van der Waals surface area contributed by atoms with E-state index >= 15 is 0 Å². The predicted octanol–water partition coefficient (Wildman–Crippen LogP) is 2.45. The molecule has 0 saturated carbocycles. The van der Waals surface area contributed by atoms with Crippen LogP contribution in [0.4, 0.5) is 14.5 Å². The van der Waals surface area contributed by atoms with Crippen molar-refractivity contribution in [3.63, 3.8) is 0 Å². The Balaban J connectivity index is 2.86. The molecular weight excluding hydrogens is 266 g/mol. The second-order valence-corrected chi connectivity index (χ2v) is 5.33. The SMILES string of the molecule is CC(C)NC(=O)C(C)(C)C(=O)Nc1ccc(F)cc1F. The van der Waals surface area contributed by atoms with E-state index in [-0.39, 0.29) is 11.7 Å². The molecule has 0 saturated heterocycles. The number of carbonyl (C=O) groups is 2. The molecule has 110 valence electrons. The molecule has 0 bridgehead atoms. The van der Waals surface area contributed by atoms with Gasteiger partial charge in [-0.2, -0.15) is 0 Å². The average molecular weight is 284 g/mol. The number of hydrogen-bond acceptors (Lipinski definition) is 2. The van der Waals surface area contributed by atoms with Crippen LogP contribution in [0.1, 0.15) is 27.7 Å². The van der Waals surface area contributed by atoms with E-state index in [1.807, 2.05) is 0 Å². The Morgan fingerprint density at radius 3 is 2.25 bits per heavy atom. The van der Waals surface area contributed by atoms with Gasteiger partial charge < -0.3 is 10.6 Å². The van der Waals surface area contributed by atoms with E-state index in [0.717, 1.165) is 12.1 Å². The quantitative estimate of drug-likeness (QED) is 0.834. The van der Waals surface area contributed by atoms with Crippen LogP contribution in [0.25, 0.3) is 0 Å². The number of benzene rings is 1. The zero-order valence-electron chi connectivity index (χ0n) is 11.9. The third-order valence-corrected chi connectivity index (χ3v) is 2.73. The molecule has 1 aromatic rings. The first-order chi connectivity index (χ1) is 9.14. The monoisotopic (exact) mass is 284 g/mol. The lowest BCUT2D eigenvalue weighted by Crippen LogP contribution is -2.47. The molecule has 0 aliphatic heterocycles. The van der Waals surface area contributed by atoms with Gasteiger partial charge in [-0.1, -0.05) is 0 Å². The van der Waals surface area contributed by atoms with Crippen LogP contribution in [0.2, 0.25) is 0 Å². The van der Waals surface area contributed by atoms with Crippen LogP contribution < -0.4 is 10.6 Å². The minimum Gasteiger partial charge on any atom is -0.353 e. The largest absolute Gasteiger partial charge is 0.353 e. The van der Waals surface area contributed by atoms with E-state index in [9.17, 15) is 18.4 Å². The van der Waals surface area contributed by atoms with Crippen LogP contribution in [0, 0.1) is 17.0 Å². The molecule has 2 N–H and O–H groups in total. The number of carbonyl (C=O) groups excluding carboxylic acids is 2. The molecule has 0 radical (unpaired) electrons. The Kier molecular flexibility index (Phi) is 4.81. The zero-order valence-corrected chi connectivity index (χ0v) is 11.9. The van der Waals surface area contributed by atoms with Crippen LogP contribution in [0.3, 0.4) is 0 Å². The van der Waals surface area contributed by atoms with E-state index in [0.29, 0.717) is 6.07 Å². The molecule has 0 spiro atoms. The van der Waals surface area contributed by atoms with Crippen LogP contribution in [-0.4, -0.2) is 17.9 Å². The summed E-state index contributed by atoms with van der Waals surface area (Å²) in [6.07, 6.45) is 0. The van der Waals surface area contributed by atoms with E-state index in [4.69, 9.17) is 0 Å². The van der Waals surface area contributed by atoms with Gasteiger partial charge in [0.05, 0.1) is 5.69 Å². The van der Waals surface area contributed by atoms with Crippen molar-refractivity contribution < 1.29 is 18.4 Å². The Labute approximate surface area is 116 Å². The Morgan fingerprint density at radius 2 is 1.75 bits per heavy atom. The number of nitrogens with one attached hydrogen (secondary N) is 2. The summed E-state index contributed by atoms with van der Waals surface area (Å²) in [5.41, 5.74) is -1.53. The summed E-state index contributed by atoms with van der Waals surface area (Å²) in [4.78, 5) is 24.0. The van der Waals surface area contributed by atoms with E-state index in [1.165, 1.54) is 13.8 Å². The second kappa shape index (κ2) is 5.98. The molecule has 1 aromatic carbocycles. The van der Waals surface area contributed by atoms with Gasteiger partial charge in [-0.3, -0.25) is 9.59 Å². The maximum atomic E-state index is 13.5. The number of rotatable bonds is 4. The van der Waals surface area contributed by atoms with Crippen molar-refractivity contribution >= 4 is 17.5 Å². The molecular formula is C14H18F2N2O2. The Hall–Kier alpha value is -1.98. The van der Waals surface area contributed by atoms with Crippen molar-refractivity contribution in [3.05, 3.63) is 29.8 Å². The van der Waals surface area contributed by atoms with Gasteiger partial charge in [-0.15, -0.1) is 0 Å². The first kappa shape index (κ1) is 16.1. The lowest BCUT2D eigenvalue weighted by atomic mass is 9.90.